The van der Waals surface area contributed by atoms with Crippen LogP contribution in [0.4, 0.5) is 0 Å². The summed E-state index contributed by atoms with van der Waals surface area (Å²) in [4.78, 5) is 14.9. The molecule has 0 N–H and O–H groups in total. The molecule has 0 aliphatic heterocycles. The molecule has 11 heteroatoms. The second kappa shape index (κ2) is 17.7. The molecule has 0 saturated heterocycles. The topological polar surface area (TPSA) is 67.0 Å². The first-order valence-corrected chi connectivity index (χ1v) is 12.8. The van der Waals surface area contributed by atoms with Crippen molar-refractivity contribution in [2.24, 2.45) is 0 Å². The molecule has 3 aromatic heterocycles. The van der Waals surface area contributed by atoms with E-state index in [2.05, 4.69) is 35.1 Å². The van der Waals surface area contributed by atoms with Crippen molar-refractivity contribution >= 4 is 22.1 Å². The smallest absolute Gasteiger partial charge is 1.00 e. The number of pyridine rings is 1. The van der Waals surface area contributed by atoms with Crippen LogP contribution in [0, 0.1) is 0 Å². The quantitative estimate of drug-likeness (QED) is 0.143. The van der Waals surface area contributed by atoms with Crippen LogP contribution in [-0.2, 0) is 41.5 Å². The maximum atomic E-state index is 5.99. The molecule has 0 fully saturated rings. The van der Waals surface area contributed by atoms with Gasteiger partial charge in [-0.25, -0.2) is 15.0 Å². The molecule has 0 spiro atoms. The van der Waals surface area contributed by atoms with Crippen LogP contribution in [0.1, 0.15) is 39.5 Å². The van der Waals surface area contributed by atoms with Crippen molar-refractivity contribution in [1.29, 1.82) is 0 Å². The maximum Gasteiger partial charge on any atom is 3.00 e. The van der Waals surface area contributed by atoms with Crippen LogP contribution in [-0.4, -0.2) is 37.3 Å². The van der Waals surface area contributed by atoms with E-state index in [-0.39, 0.29) is 55.8 Å². The van der Waals surface area contributed by atoms with E-state index >= 15 is 0 Å². The fraction of sp³-hybridized carbons (Fsp3) is 0.345. The van der Waals surface area contributed by atoms with Crippen molar-refractivity contribution in [1.82, 2.24) is 24.1 Å². The van der Waals surface area contributed by atoms with Gasteiger partial charge in [0.1, 0.15) is 24.8 Å². The van der Waals surface area contributed by atoms with Crippen molar-refractivity contribution in [2.45, 2.75) is 53.0 Å². The van der Waals surface area contributed by atoms with E-state index in [1.54, 1.807) is 0 Å². The van der Waals surface area contributed by atoms with Crippen molar-refractivity contribution in [3.8, 4) is 23.0 Å². The molecule has 2 aromatic carbocycles. The largest absolute Gasteiger partial charge is 3.00 e. The number of hydrogen-bond donors (Lipinski definition) is 0. The molecule has 0 aliphatic carbocycles. The SMILES string of the molecule is CCCCOCn1c(-c2cccc(-c3nc4ccccc4n3COCCCC)n2)nc2ccccc21.[Cl-].[Cl-].[Cl-].[V+3]. The number of ether oxygens (including phenoxy) is 2. The van der Waals surface area contributed by atoms with Crippen molar-refractivity contribution in [2.75, 3.05) is 13.2 Å². The number of para-hydroxylation sites is 4. The van der Waals surface area contributed by atoms with Gasteiger partial charge in [-0.15, -0.1) is 0 Å². The zero-order chi connectivity index (χ0) is 24.7. The van der Waals surface area contributed by atoms with Crippen LogP contribution in [0.5, 0.6) is 0 Å². The van der Waals surface area contributed by atoms with Crippen LogP contribution in [0.15, 0.2) is 66.7 Å². The third-order valence-electron chi connectivity index (χ3n) is 6.24. The molecule has 0 bridgehead atoms. The third kappa shape index (κ3) is 8.01. The number of benzene rings is 2. The average molecular weight is 641 g/mol. The Balaban J connectivity index is 0.00000200. The minimum atomic E-state index is 0. The van der Waals surface area contributed by atoms with E-state index in [0.717, 1.165) is 84.0 Å². The van der Waals surface area contributed by atoms with Gasteiger partial charge < -0.3 is 46.7 Å². The Morgan fingerprint density at radius 3 is 1.43 bits per heavy atom. The fourth-order valence-corrected chi connectivity index (χ4v) is 4.29. The minimum absolute atomic E-state index is 0. The molecule has 5 rings (SSSR count). The summed E-state index contributed by atoms with van der Waals surface area (Å²) >= 11 is 0. The van der Waals surface area contributed by atoms with E-state index < -0.39 is 0 Å². The van der Waals surface area contributed by atoms with Gasteiger partial charge in [0.25, 0.3) is 0 Å². The van der Waals surface area contributed by atoms with E-state index in [1.165, 1.54) is 0 Å². The zero-order valence-corrected chi connectivity index (χ0v) is 26.3. The first kappa shape index (κ1) is 35.9. The Bertz CT molecular complexity index is 1360. The molecular formula is C29H33Cl3N5O2V. The van der Waals surface area contributed by atoms with Gasteiger partial charge in [-0.05, 0) is 49.2 Å². The Morgan fingerprint density at radius 1 is 0.575 bits per heavy atom. The van der Waals surface area contributed by atoms with Crippen molar-refractivity contribution < 1.29 is 65.3 Å². The summed E-state index contributed by atoms with van der Waals surface area (Å²) in [6.45, 7) is 6.64. The van der Waals surface area contributed by atoms with Gasteiger partial charge >= 0.3 is 18.6 Å². The molecule has 0 unspecified atom stereocenters. The van der Waals surface area contributed by atoms with Gasteiger partial charge in [0.2, 0.25) is 0 Å². The van der Waals surface area contributed by atoms with Gasteiger partial charge in [-0.2, -0.15) is 0 Å². The Kier molecular flexibility index (Phi) is 15.9. The summed E-state index contributed by atoms with van der Waals surface area (Å²) in [5.74, 6) is 1.58. The zero-order valence-electron chi connectivity index (χ0n) is 22.6. The average Bonchev–Trinajstić information content (AvgIpc) is 3.48. The van der Waals surface area contributed by atoms with Crippen molar-refractivity contribution in [3.05, 3.63) is 66.7 Å². The van der Waals surface area contributed by atoms with Gasteiger partial charge in [-0.3, -0.25) is 9.13 Å². The fourth-order valence-electron chi connectivity index (χ4n) is 4.29. The van der Waals surface area contributed by atoms with E-state index in [4.69, 9.17) is 24.4 Å². The van der Waals surface area contributed by atoms with Crippen molar-refractivity contribution in [3.63, 3.8) is 0 Å². The first-order chi connectivity index (χ1) is 17.8. The van der Waals surface area contributed by atoms with Gasteiger partial charge in [-0.1, -0.05) is 57.0 Å². The molecule has 0 saturated carbocycles. The second-order valence-corrected chi connectivity index (χ2v) is 8.89. The van der Waals surface area contributed by atoms with E-state index in [1.807, 2.05) is 54.6 Å². The van der Waals surface area contributed by atoms with Crippen LogP contribution in [0.3, 0.4) is 0 Å². The van der Waals surface area contributed by atoms with Gasteiger partial charge in [0, 0.05) is 13.2 Å². The molecule has 0 aliphatic rings. The first-order valence-electron chi connectivity index (χ1n) is 12.8. The number of nitrogens with zero attached hydrogens (tertiary/aromatic N) is 5. The molecule has 0 amide bonds. The molecular weight excluding hydrogens is 608 g/mol. The summed E-state index contributed by atoms with van der Waals surface area (Å²) in [5.41, 5.74) is 5.49. The number of halogens is 3. The molecule has 5 aromatic rings. The van der Waals surface area contributed by atoms with Gasteiger partial charge in [0.15, 0.2) is 11.6 Å². The van der Waals surface area contributed by atoms with E-state index in [0.29, 0.717) is 13.5 Å². The number of unbranched alkanes of at least 4 members (excludes halogenated alkanes) is 2. The van der Waals surface area contributed by atoms with E-state index in [9.17, 15) is 0 Å². The van der Waals surface area contributed by atoms with Crippen LogP contribution in [0.2, 0.25) is 0 Å². The van der Waals surface area contributed by atoms with Crippen LogP contribution >= 0.6 is 0 Å². The summed E-state index contributed by atoms with van der Waals surface area (Å²) in [6, 6.07) is 22.3. The molecule has 3 heterocycles. The summed E-state index contributed by atoms with van der Waals surface area (Å²) in [5, 5.41) is 0. The molecule has 0 atom stereocenters. The second-order valence-electron chi connectivity index (χ2n) is 8.89. The standard InChI is InChI=1S/C29H33N5O2.3ClH.V/c1-3-5-18-35-20-33-26-16-9-7-12-22(26)31-28(33)24-14-11-15-25(30-24)29-32-23-13-8-10-17-27(23)34(29)21-36-19-6-4-2;;;;/h7-17H,3-6,18-21H2,1-2H3;3*1H;/q;;;;+3/p-3. The third-order valence-corrected chi connectivity index (χ3v) is 6.24. The minimum Gasteiger partial charge on any atom is -1.00 e. The van der Waals surface area contributed by atoms with Gasteiger partial charge in [0.05, 0.1) is 22.1 Å². The number of fused-ring (bicyclic) bond motifs is 2. The number of hydrogen-bond acceptors (Lipinski definition) is 5. The summed E-state index contributed by atoms with van der Waals surface area (Å²) in [7, 11) is 0. The Hall–Kier alpha value is -2.10. The van der Waals surface area contributed by atoms with Crippen LogP contribution < -0.4 is 37.2 Å². The summed E-state index contributed by atoms with van der Waals surface area (Å²) in [6.07, 6.45) is 4.27. The number of imidazole rings is 2. The molecule has 0 radical (unpaired) electrons. The monoisotopic (exact) mass is 639 g/mol. The Labute approximate surface area is 266 Å². The summed E-state index contributed by atoms with van der Waals surface area (Å²) < 4.78 is 16.2. The molecule has 40 heavy (non-hydrogen) atoms. The number of aromatic nitrogens is 5. The maximum absolute atomic E-state index is 5.99. The normalized spacial score (nSPS) is 10.4. The number of rotatable bonds is 12. The predicted molar refractivity (Wildman–Crippen MR) is 143 cm³/mol. The molecule has 7 nitrogen and oxygen atoms in total. The predicted octanol–water partition coefficient (Wildman–Crippen LogP) is -2.33. The Morgan fingerprint density at radius 2 is 1.00 bits per heavy atom. The van der Waals surface area contributed by atoms with Crippen LogP contribution in [0.25, 0.3) is 45.1 Å². The molecule has 212 valence electrons.